The zero-order valence-electron chi connectivity index (χ0n) is 18.4. The highest BCUT2D eigenvalue weighted by Gasteiger charge is 2.17. The molecule has 0 heterocycles. The highest BCUT2D eigenvalue weighted by Crippen LogP contribution is 2.30. The SMILES string of the molecule is COc1cc(C=NNC(=O)C(=O)Nc2cccc(Cl)c2C)ccc1OC(=O)c1ccc(Cl)cc1Cl. The third kappa shape index (κ3) is 6.73. The number of hydrogen-bond donors (Lipinski definition) is 2. The van der Waals surface area contributed by atoms with E-state index in [1.54, 1.807) is 31.2 Å². The Labute approximate surface area is 215 Å². The zero-order chi connectivity index (χ0) is 25.5. The van der Waals surface area contributed by atoms with Gasteiger partial charge in [-0.3, -0.25) is 9.59 Å². The largest absolute Gasteiger partial charge is 0.493 e. The summed E-state index contributed by atoms with van der Waals surface area (Å²) in [6, 6.07) is 13.9. The van der Waals surface area contributed by atoms with E-state index in [9.17, 15) is 14.4 Å². The normalized spacial score (nSPS) is 10.7. The van der Waals surface area contributed by atoms with Gasteiger partial charge in [-0.1, -0.05) is 40.9 Å². The minimum atomic E-state index is -0.974. The molecule has 3 aromatic carbocycles. The lowest BCUT2D eigenvalue weighted by molar-refractivity contribution is -0.136. The van der Waals surface area contributed by atoms with Crippen LogP contribution in [0.3, 0.4) is 0 Å². The van der Waals surface area contributed by atoms with Gasteiger partial charge in [0.2, 0.25) is 0 Å². The number of carbonyl (C=O) groups is 3. The van der Waals surface area contributed by atoms with Gasteiger partial charge in [0, 0.05) is 15.7 Å². The van der Waals surface area contributed by atoms with Crippen LogP contribution in [0.15, 0.2) is 59.7 Å². The van der Waals surface area contributed by atoms with Crippen molar-refractivity contribution in [1.82, 2.24) is 5.43 Å². The van der Waals surface area contributed by atoms with Crippen LogP contribution in [0.5, 0.6) is 11.5 Å². The Balaban J connectivity index is 1.63. The molecule has 3 aromatic rings. The molecule has 0 aromatic heterocycles. The molecule has 8 nitrogen and oxygen atoms in total. The smallest absolute Gasteiger partial charge is 0.345 e. The predicted octanol–water partition coefficient (Wildman–Crippen LogP) is 5.27. The lowest BCUT2D eigenvalue weighted by atomic mass is 10.2. The van der Waals surface area contributed by atoms with Gasteiger partial charge in [0.05, 0.1) is 23.9 Å². The van der Waals surface area contributed by atoms with E-state index in [1.807, 2.05) is 0 Å². The molecule has 35 heavy (non-hydrogen) atoms. The van der Waals surface area contributed by atoms with Crippen molar-refractivity contribution in [2.45, 2.75) is 6.92 Å². The molecule has 2 N–H and O–H groups in total. The average Bonchev–Trinajstić information content (AvgIpc) is 2.82. The molecule has 0 fully saturated rings. The van der Waals surface area contributed by atoms with Crippen molar-refractivity contribution in [1.29, 1.82) is 0 Å². The number of hydrazone groups is 1. The minimum absolute atomic E-state index is 0.137. The van der Waals surface area contributed by atoms with Crippen molar-refractivity contribution in [3.05, 3.63) is 86.4 Å². The molecule has 0 unspecified atom stereocenters. The number of esters is 1. The van der Waals surface area contributed by atoms with Crippen LogP contribution in [0, 0.1) is 6.92 Å². The topological polar surface area (TPSA) is 106 Å². The molecule has 0 radical (unpaired) electrons. The summed E-state index contributed by atoms with van der Waals surface area (Å²) in [5.74, 6) is -2.21. The van der Waals surface area contributed by atoms with Crippen LogP contribution in [0.4, 0.5) is 5.69 Å². The number of ether oxygens (including phenoxy) is 2. The first-order chi connectivity index (χ1) is 16.7. The van der Waals surface area contributed by atoms with Gasteiger partial charge in [0.1, 0.15) is 0 Å². The number of carbonyl (C=O) groups excluding carboxylic acids is 3. The van der Waals surface area contributed by atoms with Crippen LogP contribution in [0.2, 0.25) is 15.1 Å². The van der Waals surface area contributed by atoms with Crippen LogP contribution in [-0.2, 0) is 9.59 Å². The molecule has 180 valence electrons. The summed E-state index contributed by atoms with van der Waals surface area (Å²) in [6.45, 7) is 1.71. The summed E-state index contributed by atoms with van der Waals surface area (Å²) in [7, 11) is 1.40. The molecule has 0 aliphatic heterocycles. The summed E-state index contributed by atoms with van der Waals surface area (Å²) in [5, 5.41) is 7.24. The summed E-state index contributed by atoms with van der Waals surface area (Å²) in [5.41, 5.74) is 3.81. The standard InChI is InChI=1S/C24H18Cl3N3O5/c1-13-17(26)4-3-5-19(13)29-22(31)23(32)30-28-12-14-6-9-20(21(10-14)34-2)35-24(33)16-8-7-15(25)11-18(16)27/h3-12H,1-2H3,(H,29,31)(H,30,32). The number of anilines is 1. The first-order valence-corrected chi connectivity index (χ1v) is 11.1. The third-order valence-corrected chi connectivity index (χ3v) is 5.60. The van der Waals surface area contributed by atoms with Crippen LogP contribution in [0.1, 0.15) is 21.5 Å². The fraction of sp³-hybridized carbons (Fsp3) is 0.0833. The first kappa shape index (κ1) is 26.0. The molecular weight excluding hydrogens is 517 g/mol. The lowest BCUT2D eigenvalue weighted by Crippen LogP contribution is -2.32. The van der Waals surface area contributed by atoms with Crippen LogP contribution >= 0.6 is 34.8 Å². The molecule has 0 aliphatic carbocycles. The van der Waals surface area contributed by atoms with Gasteiger partial charge in [0.25, 0.3) is 0 Å². The second-order valence-corrected chi connectivity index (χ2v) is 8.24. The number of benzene rings is 3. The van der Waals surface area contributed by atoms with E-state index in [0.717, 1.165) is 0 Å². The maximum absolute atomic E-state index is 12.5. The van der Waals surface area contributed by atoms with Crippen LogP contribution in [-0.4, -0.2) is 31.1 Å². The van der Waals surface area contributed by atoms with Gasteiger partial charge >= 0.3 is 17.8 Å². The lowest BCUT2D eigenvalue weighted by Gasteiger charge is -2.11. The van der Waals surface area contributed by atoms with Crippen molar-refractivity contribution in [2.24, 2.45) is 5.10 Å². The number of amides is 2. The fourth-order valence-corrected chi connectivity index (χ4v) is 3.46. The Kier molecular flexibility index (Phi) is 8.70. The Morgan fingerprint density at radius 2 is 1.69 bits per heavy atom. The van der Waals surface area contributed by atoms with E-state index in [1.165, 1.54) is 43.7 Å². The Hall–Kier alpha value is -3.59. The molecule has 11 heteroatoms. The van der Waals surface area contributed by atoms with E-state index in [0.29, 0.717) is 26.9 Å². The number of nitrogens with one attached hydrogen (secondary N) is 2. The summed E-state index contributed by atoms with van der Waals surface area (Å²) in [4.78, 5) is 36.6. The summed E-state index contributed by atoms with van der Waals surface area (Å²) < 4.78 is 10.6. The molecule has 3 rings (SSSR count). The number of methoxy groups -OCH3 is 1. The van der Waals surface area contributed by atoms with Crippen LogP contribution < -0.4 is 20.2 Å². The molecule has 0 bridgehead atoms. The van der Waals surface area contributed by atoms with Gasteiger partial charge in [0.15, 0.2) is 11.5 Å². The highest BCUT2D eigenvalue weighted by molar-refractivity contribution is 6.40. The van der Waals surface area contributed by atoms with Crippen LogP contribution in [0.25, 0.3) is 0 Å². The van der Waals surface area contributed by atoms with E-state index >= 15 is 0 Å². The minimum Gasteiger partial charge on any atom is -0.493 e. The molecule has 0 saturated carbocycles. The number of halogens is 3. The van der Waals surface area contributed by atoms with Crippen molar-refractivity contribution >= 4 is 64.5 Å². The Morgan fingerprint density at radius 1 is 0.914 bits per heavy atom. The quantitative estimate of drug-likeness (QED) is 0.147. The van der Waals surface area contributed by atoms with E-state index in [4.69, 9.17) is 44.3 Å². The number of hydrogen-bond acceptors (Lipinski definition) is 6. The second-order valence-electron chi connectivity index (χ2n) is 6.99. The van der Waals surface area contributed by atoms with Gasteiger partial charge in [-0.05, 0) is 66.6 Å². The number of rotatable bonds is 6. The maximum atomic E-state index is 12.5. The molecule has 0 saturated heterocycles. The second kappa shape index (κ2) is 11.7. The van der Waals surface area contributed by atoms with Gasteiger partial charge < -0.3 is 14.8 Å². The van der Waals surface area contributed by atoms with Crippen molar-refractivity contribution in [3.63, 3.8) is 0 Å². The Bertz CT molecular complexity index is 1330. The first-order valence-electron chi connectivity index (χ1n) is 9.94. The van der Waals surface area contributed by atoms with Gasteiger partial charge in [-0.15, -0.1) is 0 Å². The monoisotopic (exact) mass is 533 g/mol. The van der Waals surface area contributed by atoms with Crippen molar-refractivity contribution < 1.29 is 23.9 Å². The van der Waals surface area contributed by atoms with Crippen molar-refractivity contribution in [3.8, 4) is 11.5 Å². The summed E-state index contributed by atoms with van der Waals surface area (Å²) >= 11 is 17.9. The predicted molar refractivity (Wildman–Crippen MR) is 135 cm³/mol. The maximum Gasteiger partial charge on any atom is 0.345 e. The molecule has 2 amide bonds. The molecule has 0 atom stereocenters. The molecule has 0 spiro atoms. The van der Waals surface area contributed by atoms with E-state index < -0.39 is 17.8 Å². The fourth-order valence-electron chi connectivity index (χ4n) is 2.80. The van der Waals surface area contributed by atoms with Gasteiger partial charge in [-0.25, -0.2) is 10.2 Å². The average molecular weight is 535 g/mol. The van der Waals surface area contributed by atoms with Crippen molar-refractivity contribution in [2.75, 3.05) is 12.4 Å². The van der Waals surface area contributed by atoms with E-state index in [-0.39, 0.29) is 22.1 Å². The highest BCUT2D eigenvalue weighted by atomic mass is 35.5. The molecule has 0 aliphatic rings. The Morgan fingerprint density at radius 3 is 2.40 bits per heavy atom. The summed E-state index contributed by atoms with van der Waals surface area (Å²) in [6.07, 6.45) is 1.29. The third-order valence-electron chi connectivity index (χ3n) is 4.64. The van der Waals surface area contributed by atoms with Gasteiger partial charge in [-0.2, -0.15) is 5.10 Å². The number of nitrogens with zero attached hydrogens (tertiary/aromatic N) is 1. The zero-order valence-corrected chi connectivity index (χ0v) is 20.7. The van der Waals surface area contributed by atoms with E-state index in [2.05, 4.69) is 15.8 Å². The molecular formula is C24H18Cl3N3O5.